The summed E-state index contributed by atoms with van der Waals surface area (Å²) in [6.45, 7) is 9.72. The maximum atomic E-state index is 5.57. The van der Waals surface area contributed by atoms with Crippen LogP contribution in [0, 0.1) is 0 Å². The number of fused-ring (bicyclic) bond motifs is 1. The zero-order chi connectivity index (χ0) is 17.6. The molecule has 1 N–H and O–H groups in total. The number of rotatable bonds is 7. The first kappa shape index (κ1) is 17.5. The van der Waals surface area contributed by atoms with Gasteiger partial charge in [0.15, 0.2) is 0 Å². The molecule has 4 nitrogen and oxygen atoms in total. The van der Waals surface area contributed by atoms with Crippen molar-refractivity contribution in [2.75, 3.05) is 45.9 Å². The second kappa shape index (κ2) is 8.67. The summed E-state index contributed by atoms with van der Waals surface area (Å²) in [7, 11) is 0. The van der Waals surface area contributed by atoms with E-state index in [4.69, 9.17) is 4.74 Å². The van der Waals surface area contributed by atoms with Crippen LogP contribution in [0.15, 0.2) is 48.5 Å². The molecule has 0 atom stereocenters. The fourth-order valence-electron chi connectivity index (χ4n) is 3.83. The Labute approximate surface area is 156 Å². The number of hydrogen-bond donors (Lipinski definition) is 1. The van der Waals surface area contributed by atoms with Gasteiger partial charge in [0, 0.05) is 58.8 Å². The number of nitrogens with zero attached hydrogens (tertiary/aromatic N) is 2. The Kier molecular flexibility index (Phi) is 5.85. The third-order valence-corrected chi connectivity index (χ3v) is 5.40. The summed E-state index contributed by atoms with van der Waals surface area (Å²) < 4.78 is 5.57. The molecule has 2 aromatic carbocycles. The number of piperazine rings is 1. The maximum absolute atomic E-state index is 5.57. The van der Waals surface area contributed by atoms with E-state index in [1.54, 1.807) is 0 Å². The highest BCUT2D eigenvalue weighted by Gasteiger charge is 2.16. The van der Waals surface area contributed by atoms with Gasteiger partial charge in [0.1, 0.15) is 5.75 Å². The van der Waals surface area contributed by atoms with Gasteiger partial charge in [-0.05, 0) is 22.8 Å². The van der Waals surface area contributed by atoms with E-state index >= 15 is 0 Å². The second-order valence-corrected chi connectivity index (χ2v) is 7.32. The predicted octanol–water partition coefficient (Wildman–Crippen LogP) is 2.53. The molecule has 4 rings (SSSR count). The van der Waals surface area contributed by atoms with Crippen LogP contribution in [0.4, 0.5) is 0 Å². The molecule has 2 heterocycles. The van der Waals surface area contributed by atoms with Crippen LogP contribution in [-0.4, -0.2) is 55.7 Å². The predicted molar refractivity (Wildman–Crippen MR) is 106 cm³/mol. The molecule has 138 valence electrons. The van der Waals surface area contributed by atoms with Gasteiger partial charge in [-0.2, -0.15) is 0 Å². The molecule has 0 aromatic heterocycles. The van der Waals surface area contributed by atoms with Crippen molar-refractivity contribution in [2.45, 2.75) is 19.5 Å². The van der Waals surface area contributed by atoms with E-state index in [1.165, 1.54) is 42.9 Å². The van der Waals surface area contributed by atoms with Gasteiger partial charge in [0.05, 0.1) is 6.61 Å². The molecule has 0 bridgehead atoms. The highest BCUT2D eigenvalue weighted by molar-refractivity contribution is 5.39. The molecule has 0 radical (unpaired) electrons. The number of ether oxygens (including phenoxy) is 1. The summed E-state index contributed by atoms with van der Waals surface area (Å²) in [4.78, 5) is 5.14. The fourth-order valence-corrected chi connectivity index (χ4v) is 3.83. The van der Waals surface area contributed by atoms with Crippen molar-refractivity contribution in [2.24, 2.45) is 0 Å². The molecular formula is C22H29N3O. The van der Waals surface area contributed by atoms with Crippen molar-refractivity contribution in [3.05, 3.63) is 65.2 Å². The van der Waals surface area contributed by atoms with Crippen molar-refractivity contribution in [1.29, 1.82) is 0 Å². The van der Waals surface area contributed by atoms with E-state index < -0.39 is 0 Å². The molecule has 2 aromatic rings. The van der Waals surface area contributed by atoms with Crippen LogP contribution >= 0.6 is 0 Å². The van der Waals surface area contributed by atoms with E-state index in [0.29, 0.717) is 0 Å². The smallest absolute Gasteiger partial charge is 0.122 e. The Morgan fingerprint density at radius 3 is 2.54 bits per heavy atom. The van der Waals surface area contributed by atoms with E-state index in [0.717, 1.165) is 45.0 Å². The summed E-state index contributed by atoms with van der Waals surface area (Å²) in [5.41, 5.74) is 4.14. The Morgan fingerprint density at radius 1 is 0.885 bits per heavy atom. The summed E-state index contributed by atoms with van der Waals surface area (Å²) in [6.07, 6.45) is 1.05. The lowest BCUT2D eigenvalue weighted by atomic mass is 10.1. The van der Waals surface area contributed by atoms with Crippen LogP contribution in [0.1, 0.15) is 16.7 Å². The monoisotopic (exact) mass is 351 g/mol. The molecule has 2 aliphatic heterocycles. The van der Waals surface area contributed by atoms with Gasteiger partial charge in [-0.3, -0.25) is 9.80 Å². The van der Waals surface area contributed by atoms with E-state index in [9.17, 15) is 0 Å². The van der Waals surface area contributed by atoms with Crippen LogP contribution in [-0.2, 0) is 19.5 Å². The highest BCUT2D eigenvalue weighted by Crippen LogP contribution is 2.25. The van der Waals surface area contributed by atoms with Gasteiger partial charge in [-0.15, -0.1) is 0 Å². The molecule has 4 heteroatoms. The van der Waals surface area contributed by atoms with E-state index in [-0.39, 0.29) is 0 Å². The molecule has 0 saturated carbocycles. The summed E-state index contributed by atoms with van der Waals surface area (Å²) in [6, 6.07) is 17.4. The lowest BCUT2D eigenvalue weighted by Gasteiger charge is -2.34. The molecule has 0 unspecified atom stereocenters. The average Bonchev–Trinajstić information content (AvgIpc) is 3.15. The minimum atomic E-state index is 0.836. The Hall–Kier alpha value is -1.88. The van der Waals surface area contributed by atoms with E-state index in [1.807, 2.05) is 0 Å². The van der Waals surface area contributed by atoms with Crippen LogP contribution in [0.2, 0.25) is 0 Å². The Morgan fingerprint density at radius 2 is 1.69 bits per heavy atom. The van der Waals surface area contributed by atoms with E-state index in [2.05, 4.69) is 63.6 Å². The van der Waals surface area contributed by atoms with Crippen molar-refractivity contribution in [3.63, 3.8) is 0 Å². The molecule has 1 fully saturated rings. The van der Waals surface area contributed by atoms with Gasteiger partial charge in [0.2, 0.25) is 0 Å². The van der Waals surface area contributed by atoms with Gasteiger partial charge in [-0.1, -0.05) is 42.5 Å². The van der Waals surface area contributed by atoms with Crippen molar-refractivity contribution in [1.82, 2.24) is 15.1 Å². The minimum Gasteiger partial charge on any atom is -0.493 e. The third-order valence-electron chi connectivity index (χ3n) is 5.40. The summed E-state index contributed by atoms with van der Waals surface area (Å²) in [5, 5.41) is 3.60. The summed E-state index contributed by atoms with van der Waals surface area (Å²) in [5.74, 6) is 1.07. The number of hydrogen-bond acceptors (Lipinski definition) is 4. The normalized spacial score (nSPS) is 17.8. The standard InChI is InChI=1S/C22H29N3O/c1-2-4-19(5-3-1)18-25-13-11-24(12-14-25)10-9-23-17-20-6-7-22-21(16-20)8-15-26-22/h1-7,16,23H,8-15,17-18H2. The van der Waals surface area contributed by atoms with Crippen molar-refractivity contribution >= 4 is 0 Å². The largest absolute Gasteiger partial charge is 0.493 e. The number of nitrogens with one attached hydrogen (secondary N) is 1. The molecule has 0 spiro atoms. The maximum Gasteiger partial charge on any atom is 0.122 e. The van der Waals surface area contributed by atoms with Crippen LogP contribution in [0.5, 0.6) is 5.75 Å². The first-order chi connectivity index (χ1) is 12.9. The quantitative estimate of drug-likeness (QED) is 0.776. The van der Waals surface area contributed by atoms with Gasteiger partial charge in [0.25, 0.3) is 0 Å². The van der Waals surface area contributed by atoms with Gasteiger partial charge >= 0.3 is 0 Å². The molecule has 0 aliphatic carbocycles. The zero-order valence-electron chi connectivity index (χ0n) is 15.5. The molecule has 2 aliphatic rings. The van der Waals surface area contributed by atoms with Crippen LogP contribution < -0.4 is 10.1 Å². The topological polar surface area (TPSA) is 27.7 Å². The molecule has 0 amide bonds. The van der Waals surface area contributed by atoms with Crippen LogP contribution in [0.3, 0.4) is 0 Å². The number of benzene rings is 2. The highest BCUT2D eigenvalue weighted by atomic mass is 16.5. The lowest BCUT2D eigenvalue weighted by Crippen LogP contribution is -2.47. The SMILES string of the molecule is c1ccc(CN2CCN(CCNCc3ccc4c(c3)CCO4)CC2)cc1. The van der Waals surface area contributed by atoms with Crippen molar-refractivity contribution < 1.29 is 4.74 Å². The average molecular weight is 351 g/mol. The fraction of sp³-hybridized carbons (Fsp3) is 0.455. The van der Waals surface area contributed by atoms with Crippen LogP contribution in [0.25, 0.3) is 0 Å². The van der Waals surface area contributed by atoms with Gasteiger partial charge in [-0.25, -0.2) is 0 Å². The minimum absolute atomic E-state index is 0.836. The lowest BCUT2D eigenvalue weighted by molar-refractivity contribution is 0.127. The molecular weight excluding hydrogens is 322 g/mol. The Balaban J connectivity index is 1.13. The molecule has 26 heavy (non-hydrogen) atoms. The zero-order valence-corrected chi connectivity index (χ0v) is 15.5. The van der Waals surface area contributed by atoms with Gasteiger partial charge < -0.3 is 10.1 Å². The first-order valence-corrected chi connectivity index (χ1v) is 9.81. The Bertz CT molecular complexity index is 696. The molecule has 1 saturated heterocycles. The first-order valence-electron chi connectivity index (χ1n) is 9.81. The van der Waals surface area contributed by atoms with Crippen molar-refractivity contribution in [3.8, 4) is 5.75 Å². The second-order valence-electron chi connectivity index (χ2n) is 7.32. The summed E-state index contributed by atoms with van der Waals surface area (Å²) >= 11 is 0. The third kappa shape index (κ3) is 4.64.